The molecule has 2 saturated carbocycles. The third-order valence-electron chi connectivity index (χ3n) is 8.39. The van der Waals surface area contributed by atoms with Crippen molar-refractivity contribution < 1.29 is 30.8 Å². The predicted molar refractivity (Wildman–Crippen MR) is 133 cm³/mol. The summed E-state index contributed by atoms with van der Waals surface area (Å²) in [6.45, 7) is 0.507. The van der Waals surface area contributed by atoms with Gasteiger partial charge in [0.25, 0.3) is 10.0 Å². The molecule has 2 amide bonds. The Labute approximate surface area is 219 Å². The second-order valence-corrected chi connectivity index (χ2v) is 12.9. The molecular weight excluding hydrogens is 526 g/mol. The van der Waals surface area contributed by atoms with Crippen molar-refractivity contribution >= 4 is 21.9 Å². The fourth-order valence-corrected chi connectivity index (χ4v) is 6.78. The molecule has 2 aromatic rings. The molecule has 5 rings (SSSR count). The first-order chi connectivity index (χ1) is 17.7. The first-order valence-corrected chi connectivity index (χ1v) is 14.4. The van der Waals surface area contributed by atoms with Gasteiger partial charge < -0.3 is 4.90 Å². The number of urea groups is 1. The molecule has 38 heavy (non-hydrogen) atoms. The molecule has 8 nitrogen and oxygen atoms in total. The molecule has 1 aromatic heterocycles. The van der Waals surface area contributed by atoms with Crippen LogP contribution in [0.1, 0.15) is 49.8 Å². The topological polar surface area (TPSA) is 78.8 Å². The van der Waals surface area contributed by atoms with E-state index in [-0.39, 0.29) is 12.4 Å². The highest BCUT2D eigenvalue weighted by molar-refractivity contribution is 7.89. The number of anilines is 1. The molecule has 0 unspecified atom stereocenters. The molecule has 3 fully saturated rings. The van der Waals surface area contributed by atoms with E-state index in [0.717, 1.165) is 29.6 Å². The molecule has 3 aliphatic rings. The second kappa shape index (κ2) is 8.94. The van der Waals surface area contributed by atoms with Crippen molar-refractivity contribution in [1.82, 2.24) is 19.0 Å². The number of hydrogen-bond acceptors (Lipinski definition) is 5. The molecule has 1 aliphatic heterocycles. The number of halogens is 4. The van der Waals surface area contributed by atoms with E-state index in [9.17, 15) is 30.8 Å². The minimum Gasteiger partial charge on any atom is -0.317 e. The van der Waals surface area contributed by atoms with E-state index < -0.39 is 44.8 Å². The number of hydrogen-bond donors (Lipinski definition) is 0. The van der Waals surface area contributed by atoms with E-state index in [2.05, 4.69) is 10.00 Å². The highest BCUT2D eigenvalue weighted by Crippen LogP contribution is 2.51. The van der Waals surface area contributed by atoms with Gasteiger partial charge in [0.1, 0.15) is 5.82 Å². The summed E-state index contributed by atoms with van der Waals surface area (Å²) < 4.78 is 79.7. The number of alkyl halides is 3. The number of aromatic nitrogens is 2. The van der Waals surface area contributed by atoms with Crippen LogP contribution < -0.4 is 4.90 Å². The van der Waals surface area contributed by atoms with Gasteiger partial charge in [0.15, 0.2) is 11.5 Å². The Kier molecular flexibility index (Phi) is 6.33. The molecule has 1 saturated heterocycles. The highest BCUT2D eigenvalue weighted by Gasteiger charge is 2.56. The average molecular weight is 558 g/mol. The van der Waals surface area contributed by atoms with Crippen molar-refractivity contribution in [2.24, 2.45) is 5.92 Å². The zero-order chi connectivity index (χ0) is 27.7. The monoisotopic (exact) mass is 557 g/mol. The molecule has 2 heterocycles. The maximum absolute atomic E-state index is 14.2. The van der Waals surface area contributed by atoms with E-state index in [1.807, 2.05) is 20.2 Å². The molecule has 0 N–H and O–H groups in total. The molecule has 0 radical (unpaired) electrons. The number of benzene rings is 1. The van der Waals surface area contributed by atoms with E-state index in [1.165, 1.54) is 12.1 Å². The van der Waals surface area contributed by atoms with Gasteiger partial charge in [-0.2, -0.15) is 18.3 Å². The van der Waals surface area contributed by atoms with Gasteiger partial charge in [-0.15, -0.1) is 4.09 Å². The lowest BCUT2D eigenvalue weighted by Crippen LogP contribution is -2.55. The SMILES string of the molecule is CN(C)[C@]1(c2cccc(F)c2)CC[C@@]2(CC1)CN(c1cc(C(F)(F)F)nn1S(C)(=O)=O)C(=O)N2CC1CC1. The van der Waals surface area contributed by atoms with Crippen molar-refractivity contribution in [3.63, 3.8) is 0 Å². The summed E-state index contributed by atoms with van der Waals surface area (Å²) in [5.74, 6) is -0.432. The minimum absolute atomic E-state index is 0.0454. The lowest BCUT2D eigenvalue weighted by atomic mass is 9.68. The van der Waals surface area contributed by atoms with Crippen LogP contribution in [0, 0.1) is 11.7 Å². The Hall–Kier alpha value is -2.67. The van der Waals surface area contributed by atoms with Crippen LogP contribution in [0.25, 0.3) is 0 Å². The zero-order valence-corrected chi connectivity index (χ0v) is 22.3. The van der Waals surface area contributed by atoms with Gasteiger partial charge in [-0.1, -0.05) is 12.1 Å². The normalized spacial score (nSPS) is 26.7. The lowest BCUT2D eigenvalue weighted by Gasteiger charge is -2.51. The molecule has 0 atom stereocenters. The van der Waals surface area contributed by atoms with Crippen LogP contribution in [-0.4, -0.2) is 72.4 Å². The van der Waals surface area contributed by atoms with Gasteiger partial charge in [0.05, 0.1) is 18.3 Å². The van der Waals surface area contributed by atoms with Crippen molar-refractivity contribution in [1.29, 1.82) is 0 Å². The first-order valence-electron chi connectivity index (χ1n) is 12.6. The average Bonchev–Trinajstić information content (AvgIpc) is 3.46. The Morgan fingerprint density at radius 3 is 2.29 bits per heavy atom. The van der Waals surface area contributed by atoms with Crippen LogP contribution in [0.4, 0.5) is 28.2 Å². The van der Waals surface area contributed by atoms with Crippen LogP contribution in [0.3, 0.4) is 0 Å². The third kappa shape index (κ3) is 4.57. The summed E-state index contributed by atoms with van der Waals surface area (Å²) in [6, 6.07) is 6.59. The maximum Gasteiger partial charge on any atom is 0.435 e. The largest absolute Gasteiger partial charge is 0.435 e. The van der Waals surface area contributed by atoms with Crippen molar-refractivity contribution in [2.45, 2.75) is 55.8 Å². The van der Waals surface area contributed by atoms with Crippen molar-refractivity contribution in [2.75, 3.05) is 38.3 Å². The summed E-state index contributed by atoms with van der Waals surface area (Å²) in [5, 5.41) is 3.31. The standard InChI is InChI=1S/C25H31F4N5O3S/c1-31(2)24(18-5-4-6-19(26)13-18)11-9-23(10-12-24)16-32(22(35)33(23)15-17-7-8-17)21-14-20(25(27,28)29)30-34(21)38(3,36)37/h4-6,13-14,17H,7-12,15-16H2,1-3H3/t23-,24-. The summed E-state index contributed by atoms with van der Waals surface area (Å²) >= 11 is 0. The van der Waals surface area contributed by atoms with Gasteiger partial charge in [-0.25, -0.2) is 17.6 Å². The summed E-state index contributed by atoms with van der Waals surface area (Å²) in [5.41, 5.74) is -1.72. The molecule has 1 aromatic carbocycles. The summed E-state index contributed by atoms with van der Waals surface area (Å²) in [7, 11) is -0.362. The van der Waals surface area contributed by atoms with Crippen molar-refractivity contribution in [3.05, 3.63) is 47.4 Å². The number of carbonyl (C=O) groups is 1. The Balaban J connectivity index is 1.52. The first kappa shape index (κ1) is 26.9. The molecule has 13 heteroatoms. The zero-order valence-electron chi connectivity index (χ0n) is 21.5. The number of amides is 2. The Morgan fingerprint density at radius 2 is 1.76 bits per heavy atom. The van der Waals surface area contributed by atoms with Gasteiger partial charge >= 0.3 is 12.2 Å². The van der Waals surface area contributed by atoms with E-state index in [0.29, 0.717) is 48.3 Å². The van der Waals surface area contributed by atoms with Crippen LogP contribution in [-0.2, 0) is 21.7 Å². The number of rotatable bonds is 6. The minimum atomic E-state index is -4.88. The fourth-order valence-electron chi connectivity index (χ4n) is 6.05. The van der Waals surface area contributed by atoms with Gasteiger partial charge in [0.2, 0.25) is 0 Å². The lowest BCUT2D eigenvalue weighted by molar-refractivity contribution is -0.141. The Bertz CT molecular complexity index is 1340. The van der Waals surface area contributed by atoms with Crippen LogP contribution in [0.15, 0.2) is 30.3 Å². The second-order valence-electron chi connectivity index (χ2n) is 11.1. The molecular formula is C25H31F4N5O3S. The van der Waals surface area contributed by atoms with Crippen molar-refractivity contribution in [3.8, 4) is 0 Å². The predicted octanol–water partition coefficient (Wildman–Crippen LogP) is 4.27. The maximum atomic E-state index is 14.2. The number of carbonyl (C=O) groups excluding carboxylic acids is 1. The van der Waals surface area contributed by atoms with Gasteiger partial charge in [-0.3, -0.25) is 9.80 Å². The Morgan fingerprint density at radius 1 is 1.11 bits per heavy atom. The summed E-state index contributed by atoms with van der Waals surface area (Å²) in [6.07, 6.45) is 0.0306. The highest BCUT2D eigenvalue weighted by atomic mass is 32.2. The summed E-state index contributed by atoms with van der Waals surface area (Å²) in [4.78, 5) is 18.7. The van der Waals surface area contributed by atoms with E-state index >= 15 is 0 Å². The smallest absolute Gasteiger partial charge is 0.317 e. The van der Waals surface area contributed by atoms with Crippen LogP contribution in [0.5, 0.6) is 0 Å². The van der Waals surface area contributed by atoms with Crippen LogP contribution >= 0.6 is 0 Å². The molecule has 1 spiro atoms. The number of nitrogens with zero attached hydrogens (tertiary/aromatic N) is 5. The third-order valence-corrected chi connectivity index (χ3v) is 9.29. The molecule has 0 bridgehead atoms. The van der Waals surface area contributed by atoms with Crippen LogP contribution in [0.2, 0.25) is 0 Å². The fraction of sp³-hybridized carbons (Fsp3) is 0.600. The molecule has 208 valence electrons. The molecule has 2 aliphatic carbocycles. The van der Waals surface area contributed by atoms with Gasteiger partial charge in [-0.05, 0) is 76.2 Å². The van der Waals surface area contributed by atoms with Gasteiger partial charge in [0, 0.05) is 18.2 Å². The quantitative estimate of drug-likeness (QED) is 0.496. The van der Waals surface area contributed by atoms with E-state index in [4.69, 9.17) is 0 Å². The van der Waals surface area contributed by atoms with E-state index in [1.54, 1.807) is 11.0 Å².